The number of hydrogen-bond donors (Lipinski definition) is 2. The molecular weight excluding hydrogens is 400 g/mol. The van der Waals surface area contributed by atoms with Crippen LogP contribution >= 0.6 is 0 Å². The third-order valence-corrected chi connectivity index (χ3v) is 12.0. The van der Waals surface area contributed by atoms with Crippen LogP contribution in [-0.4, -0.2) is 40.4 Å². The average molecular weight is 445 g/mol. The molecule has 6 aliphatic rings. The van der Waals surface area contributed by atoms with Crippen LogP contribution in [0.2, 0.25) is 0 Å². The number of aliphatic hydroxyl groups is 2. The molecule has 5 fully saturated rings. The van der Waals surface area contributed by atoms with Crippen molar-refractivity contribution >= 4 is 0 Å². The zero-order valence-corrected chi connectivity index (χ0v) is 20.8. The number of fused-ring (bicyclic) bond motifs is 7. The molecule has 9 unspecified atom stereocenters. The molecule has 3 saturated carbocycles. The summed E-state index contributed by atoms with van der Waals surface area (Å²) in [4.78, 5) is 0. The molecule has 2 saturated heterocycles. The van der Waals surface area contributed by atoms with Gasteiger partial charge >= 0.3 is 0 Å². The van der Waals surface area contributed by atoms with E-state index in [1.165, 1.54) is 32.1 Å². The van der Waals surface area contributed by atoms with Gasteiger partial charge in [-0.2, -0.15) is 0 Å². The molecule has 32 heavy (non-hydrogen) atoms. The normalized spacial score (nSPS) is 61.5. The first-order valence-corrected chi connectivity index (χ1v) is 13.5. The van der Waals surface area contributed by atoms with Crippen molar-refractivity contribution in [3.63, 3.8) is 0 Å². The van der Waals surface area contributed by atoms with Crippen LogP contribution in [0.5, 0.6) is 0 Å². The lowest BCUT2D eigenvalue weighted by Gasteiger charge is -2.59. The summed E-state index contributed by atoms with van der Waals surface area (Å²) in [6.45, 7) is 12.0. The highest BCUT2D eigenvalue weighted by atomic mass is 16.7. The van der Waals surface area contributed by atoms with Gasteiger partial charge in [-0.15, -0.1) is 0 Å². The first kappa shape index (κ1) is 22.1. The van der Waals surface area contributed by atoms with Crippen molar-refractivity contribution in [1.82, 2.24) is 0 Å². The standard InChI is InChI=1S/C28H44O4/c1-16-8-10-25(4)19(12-16)6-7-20-21(25)9-11-26(5)22(20)13-24-28(26,30)18(3)27(32-24)14-23(29)17(2)15-31-27/h6,16-18,20-24,29-30H,7-15H2,1-5H3/t16?,17?,18-,20?,21?,22?,23?,24?,25+,26+,27?,28?/m1/s1. The van der Waals surface area contributed by atoms with E-state index in [4.69, 9.17) is 9.47 Å². The van der Waals surface area contributed by atoms with Crippen LogP contribution in [0.1, 0.15) is 86.0 Å². The van der Waals surface area contributed by atoms with E-state index in [-0.39, 0.29) is 23.4 Å². The molecule has 4 aliphatic carbocycles. The highest BCUT2D eigenvalue weighted by Gasteiger charge is 2.76. The molecule has 12 atom stereocenters. The van der Waals surface area contributed by atoms with Gasteiger partial charge in [0.1, 0.15) is 5.60 Å². The molecule has 4 nitrogen and oxygen atoms in total. The lowest BCUT2D eigenvalue weighted by Crippen LogP contribution is -2.60. The summed E-state index contributed by atoms with van der Waals surface area (Å²) in [5.74, 6) is 1.87. The number of allylic oxidation sites excluding steroid dienone is 2. The Kier molecular flexibility index (Phi) is 4.71. The van der Waals surface area contributed by atoms with Crippen LogP contribution in [0, 0.1) is 46.3 Å². The Balaban J connectivity index is 1.32. The Morgan fingerprint density at radius 1 is 1.06 bits per heavy atom. The monoisotopic (exact) mass is 444 g/mol. The van der Waals surface area contributed by atoms with Gasteiger partial charge in [0.2, 0.25) is 0 Å². The summed E-state index contributed by atoms with van der Waals surface area (Å²) in [6.07, 6.45) is 10.8. The zero-order chi connectivity index (χ0) is 22.7. The van der Waals surface area contributed by atoms with Gasteiger partial charge in [0.05, 0.1) is 18.8 Å². The second-order valence-electron chi connectivity index (χ2n) is 13.3. The Morgan fingerprint density at radius 2 is 1.84 bits per heavy atom. The Labute approximate surface area is 194 Å². The molecule has 2 aliphatic heterocycles. The van der Waals surface area contributed by atoms with E-state index in [0.29, 0.717) is 30.3 Å². The van der Waals surface area contributed by atoms with Gasteiger partial charge < -0.3 is 19.7 Å². The Morgan fingerprint density at radius 3 is 2.59 bits per heavy atom. The SMILES string of the molecule is CC1CC[C@@]2(C)C(=CCC3C2CC[C@@]2(C)C3CC3OC4(CC(O)C(C)CO4)[C@@H](C)C32O)C1. The Hall–Kier alpha value is -0.420. The predicted molar refractivity (Wildman–Crippen MR) is 124 cm³/mol. The van der Waals surface area contributed by atoms with E-state index in [9.17, 15) is 10.2 Å². The maximum absolute atomic E-state index is 12.4. The minimum atomic E-state index is -0.880. The van der Waals surface area contributed by atoms with Gasteiger partial charge in [-0.25, -0.2) is 0 Å². The minimum Gasteiger partial charge on any atom is -0.393 e. The summed E-state index contributed by atoms with van der Waals surface area (Å²) in [7, 11) is 0. The van der Waals surface area contributed by atoms with Crippen LogP contribution in [0.25, 0.3) is 0 Å². The van der Waals surface area contributed by atoms with E-state index >= 15 is 0 Å². The van der Waals surface area contributed by atoms with Crippen molar-refractivity contribution in [2.45, 2.75) is 110 Å². The first-order valence-electron chi connectivity index (χ1n) is 13.5. The molecule has 4 heteroatoms. The quantitative estimate of drug-likeness (QED) is 0.512. The van der Waals surface area contributed by atoms with Crippen molar-refractivity contribution in [2.24, 2.45) is 46.3 Å². The molecule has 2 heterocycles. The third kappa shape index (κ3) is 2.54. The van der Waals surface area contributed by atoms with Crippen LogP contribution in [0.3, 0.4) is 0 Å². The summed E-state index contributed by atoms with van der Waals surface area (Å²) >= 11 is 0. The van der Waals surface area contributed by atoms with Crippen molar-refractivity contribution in [3.8, 4) is 0 Å². The van der Waals surface area contributed by atoms with Gasteiger partial charge in [0, 0.05) is 23.7 Å². The van der Waals surface area contributed by atoms with Crippen LogP contribution in [0.4, 0.5) is 0 Å². The summed E-state index contributed by atoms with van der Waals surface area (Å²) < 4.78 is 13.0. The largest absolute Gasteiger partial charge is 0.393 e. The van der Waals surface area contributed by atoms with Gasteiger partial charge in [-0.05, 0) is 74.0 Å². The average Bonchev–Trinajstić information content (AvgIpc) is 3.10. The van der Waals surface area contributed by atoms with Crippen molar-refractivity contribution in [3.05, 3.63) is 11.6 Å². The lowest BCUT2D eigenvalue weighted by atomic mass is 9.46. The van der Waals surface area contributed by atoms with Crippen LogP contribution in [-0.2, 0) is 9.47 Å². The van der Waals surface area contributed by atoms with E-state index in [0.717, 1.165) is 24.7 Å². The number of hydrogen-bond acceptors (Lipinski definition) is 4. The van der Waals surface area contributed by atoms with Crippen LogP contribution < -0.4 is 0 Å². The highest BCUT2D eigenvalue weighted by Crippen LogP contribution is 2.72. The summed E-state index contributed by atoms with van der Waals surface area (Å²) in [5.41, 5.74) is 1.06. The second kappa shape index (κ2) is 6.83. The lowest BCUT2D eigenvalue weighted by molar-refractivity contribution is -0.292. The number of aliphatic hydroxyl groups excluding tert-OH is 1. The van der Waals surface area contributed by atoms with E-state index in [1.54, 1.807) is 5.57 Å². The van der Waals surface area contributed by atoms with Crippen molar-refractivity contribution in [2.75, 3.05) is 6.61 Å². The van der Waals surface area contributed by atoms with E-state index in [2.05, 4.69) is 33.8 Å². The molecule has 0 amide bonds. The van der Waals surface area contributed by atoms with Crippen LogP contribution in [0.15, 0.2) is 11.6 Å². The van der Waals surface area contributed by atoms with E-state index < -0.39 is 17.5 Å². The van der Waals surface area contributed by atoms with Gasteiger partial charge in [-0.1, -0.05) is 46.3 Å². The fourth-order valence-electron chi connectivity index (χ4n) is 9.78. The van der Waals surface area contributed by atoms with Gasteiger partial charge in [0.15, 0.2) is 5.79 Å². The van der Waals surface area contributed by atoms with Gasteiger partial charge in [0.25, 0.3) is 0 Å². The molecule has 2 N–H and O–H groups in total. The maximum atomic E-state index is 12.4. The van der Waals surface area contributed by atoms with E-state index in [1.807, 2.05) is 6.92 Å². The molecule has 0 radical (unpaired) electrons. The summed E-state index contributed by atoms with van der Waals surface area (Å²) in [5, 5.41) is 23.1. The molecule has 0 aromatic heterocycles. The number of rotatable bonds is 0. The topological polar surface area (TPSA) is 58.9 Å². The molecule has 180 valence electrons. The zero-order valence-electron chi connectivity index (χ0n) is 20.8. The summed E-state index contributed by atoms with van der Waals surface area (Å²) in [6, 6.07) is 0. The molecule has 1 spiro atoms. The molecule has 0 bridgehead atoms. The molecule has 0 aromatic rings. The Bertz CT molecular complexity index is 824. The maximum Gasteiger partial charge on any atom is 0.176 e. The fraction of sp³-hybridized carbons (Fsp3) is 0.929. The van der Waals surface area contributed by atoms with Crippen molar-refractivity contribution in [1.29, 1.82) is 0 Å². The predicted octanol–water partition coefficient (Wildman–Crippen LogP) is 5.07. The molecule has 0 aromatic carbocycles. The minimum absolute atomic E-state index is 0.118. The highest BCUT2D eigenvalue weighted by molar-refractivity contribution is 5.28. The first-order chi connectivity index (χ1) is 15.0. The fourth-order valence-corrected chi connectivity index (χ4v) is 9.78. The van der Waals surface area contributed by atoms with Crippen molar-refractivity contribution < 1.29 is 19.7 Å². The smallest absolute Gasteiger partial charge is 0.176 e. The third-order valence-electron chi connectivity index (χ3n) is 12.0. The second-order valence-corrected chi connectivity index (χ2v) is 13.3. The molecular formula is C28H44O4. The molecule has 6 rings (SSSR count). The van der Waals surface area contributed by atoms with Gasteiger partial charge in [-0.3, -0.25) is 0 Å². The number of ether oxygens (including phenoxy) is 2.